The van der Waals surface area contributed by atoms with Crippen LogP contribution in [0, 0.1) is 6.92 Å². The summed E-state index contributed by atoms with van der Waals surface area (Å²) < 4.78 is 7.77. The Kier molecular flexibility index (Phi) is 8.78. The van der Waals surface area contributed by atoms with Crippen LogP contribution in [0.15, 0.2) is 36.3 Å². The van der Waals surface area contributed by atoms with Gasteiger partial charge in [-0.2, -0.15) is 0 Å². The molecular formula is C24H37N3O. The maximum Gasteiger partial charge on any atom is 0.0605 e. The Bertz CT molecular complexity index is 796. The lowest BCUT2D eigenvalue weighted by Crippen LogP contribution is -2.35. The molecule has 1 aliphatic heterocycles. The van der Waals surface area contributed by atoms with E-state index < -0.39 is 0 Å². The highest BCUT2D eigenvalue weighted by Gasteiger charge is 2.19. The van der Waals surface area contributed by atoms with Gasteiger partial charge in [0.15, 0.2) is 0 Å². The van der Waals surface area contributed by atoms with Crippen LogP contribution in [-0.2, 0) is 11.8 Å². The Balaban J connectivity index is 0.00000136. The van der Waals surface area contributed by atoms with E-state index in [9.17, 15) is 0 Å². The van der Waals surface area contributed by atoms with E-state index in [2.05, 4.69) is 59.6 Å². The number of nitrogens with zero attached hydrogens (tertiary/aromatic N) is 3. The fraction of sp³-hybridized carbons (Fsp3) is 0.542. The third kappa shape index (κ3) is 5.05. The molecule has 2 aromatic heterocycles. The van der Waals surface area contributed by atoms with Crippen LogP contribution in [0.2, 0.25) is 0 Å². The van der Waals surface area contributed by atoms with Gasteiger partial charge in [0.2, 0.25) is 0 Å². The number of hydrogen-bond donors (Lipinski definition) is 0. The lowest BCUT2D eigenvalue weighted by Gasteiger charge is -2.33. The monoisotopic (exact) mass is 383 g/mol. The lowest BCUT2D eigenvalue weighted by atomic mass is 10.1. The Morgan fingerprint density at radius 3 is 2.64 bits per heavy atom. The van der Waals surface area contributed by atoms with Crippen LogP contribution in [0.3, 0.4) is 0 Å². The number of aryl methyl sites for hydroxylation is 1. The Morgan fingerprint density at radius 1 is 1.29 bits per heavy atom. The molecule has 154 valence electrons. The molecule has 3 heterocycles. The molecule has 0 unspecified atom stereocenters. The zero-order valence-electron chi connectivity index (χ0n) is 18.5. The zero-order chi connectivity index (χ0) is 20.5. The van der Waals surface area contributed by atoms with E-state index in [4.69, 9.17) is 4.74 Å². The molecule has 1 saturated heterocycles. The van der Waals surface area contributed by atoms with Gasteiger partial charge in [-0.15, -0.1) is 0 Å². The van der Waals surface area contributed by atoms with Crippen molar-refractivity contribution >= 4 is 17.0 Å². The fourth-order valence-electron chi connectivity index (χ4n) is 3.77. The molecule has 1 fully saturated rings. The van der Waals surface area contributed by atoms with Crippen molar-refractivity contribution in [2.24, 2.45) is 7.05 Å². The van der Waals surface area contributed by atoms with Crippen molar-refractivity contribution < 1.29 is 4.74 Å². The number of methoxy groups -OCH3 is 1. The molecule has 28 heavy (non-hydrogen) atoms. The summed E-state index contributed by atoms with van der Waals surface area (Å²) in [5.74, 6) is 0. The largest absolute Gasteiger partial charge is 0.381 e. The van der Waals surface area contributed by atoms with Gasteiger partial charge in [0.05, 0.1) is 11.6 Å². The minimum Gasteiger partial charge on any atom is -0.381 e. The molecule has 3 rings (SSSR count). The second kappa shape index (κ2) is 11.1. The molecule has 0 amide bonds. The quantitative estimate of drug-likeness (QED) is 0.598. The Labute approximate surface area is 170 Å². The molecule has 0 saturated carbocycles. The van der Waals surface area contributed by atoms with Crippen LogP contribution in [-0.4, -0.2) is 40.8 Å². The highest BCUT2D eigenvalue weighted by molar-refractivity contribution is 5.90. The summed E-state index contributed by atoms with van der Waals surface area (Å²) in [5, 5.41) is 1.22. The van der Waals surface area contributed by atoms with E-state index >= 15 is 0 Å². The molecule has 0 bridgehead atoms. The molecule has 0 spiro atoms. The topological polar surface area (TPSA) is 30.3 Å². The molecular weight excluding hydrogens is 346 g/mol. The number of rotatable bonds is 6. The summed E-state index contributed by atoms with van der Waals surface area (Å²) in [5.41, 5.74) is 5.11. The number of fused-ring (bicyclic) bond motifs is 1. The minimum atomic E-state index is 0.411. The smallest absolute Gasteiger partial charge is 0.0605 e. The molecule has 0 aromatic carbocycles. The summed E-state index contributed by atoms with van der Waals surface area (Å²) in [4.78, 5) is 6.83. The molecule has 0 atom stereocenters. The number of aromatic nitrogens is 2. The van der Waals surface area contributed by atoms with Gasteiger partial charge in [-0.3, -0.25) is 4.98 Å². The van der Waals surface area contributed by atoms with Crippen LogP contribution in [0.5, 0.6) is 0 Å². The van der Waals surface area contributed by atoms with E-state index in [1.54, 1.807) is 0 Å². The summed E-state index contributed by atoms with van der Waals surface area (Å²) >= 11 is 0. The predicted molar refractivity (Wildman–Crippen MR) is 120 cm³/mol. The van der Waals surface area contributed by atoms with E-state index in [0.29, 0.717) is 6.10 Å². The van der Waals surface area contributed by atoms with E-state index in [1.807, 2.05) is 33.4 Å². The van der Waals surface area contributed by atoms with Gasteiger partial charge in [-0.1, -0.05) is 39.3 Å². The molecule has 4 nitrogen and oxygen atoms in total. The summed E-state index contributed by atoms with van der Waals surface area (Å²) in [7, 11) is 3.95. The summed E-state index contributed by atoms with van der Waals surface area (Å²) in [6.07, 6.45) is 15.7. The third-order valence-electron chi connectivity index (χ3n) is 5.55. The number of ether oxygens (including phenoxy) is 1. The van der Waals surface area contributed by atoms with Crippen LogP contribution < -0.4 is 0 Å². The van der Waals surface area contributed by atoms with Crippen LogP contribution in [0.25, 0.3) is 17.0 Å². The molecule has 4 heteroatoms. The van der Waals surface area contributed by atoms with Crippen molar-refractivity contribution in [3.8, 4) is 0 Å². The maximum atomic E-state index is 5.52. The van der Waals surface area contributed by atoms with Crippen molar-refractivity contribution in [3.05, 3.63) is 47.6 Å². The van der Waals surface area contributed by atoms with Gasteiger partial charge in [0.1, 0.15) is 0 Å². The average molecular weight is 384 g/mol. The van der Waals surface area contributed by atoms with Gasteiger partial charge < -0.3 is 14.2 Å². The van der Waals surface area contributed by atoms with Gasteiger partial charge in [0.25, 0.3) is 0 Å². The Hall–Kier alpha value is -2.07. The highest BCUT2D eigenvalue weighted by atomic mass is 16.5. The number of piperidine rings is 1. The molecule has 0 aliphatic carbocycles. The second-order valence-electron chi connectivity index (χ2n) is 7.12. The highest BCUT2D eigenvalue weighted by Crippen LogP contribution is 2.26. The zero-order valence-corrected chi connectivity index (χ0v) is 18.5. The van der Waals surface area contributed by atoms with E-state index in [0.717, 1.165) is 32.4 Å². The van der Waals surface area contributed by atoms with E-state index in [1.165, 1.54) is 34.3 Å². The number of hydrogen-bond acceptors (Lipinski definition) is 3. The van der Waals surface area contributed by atoms with Gasteiger partial charge in [-0.05, 0) is 38.3 Å². The van der Waals surface area contributed by atoms with Gasteiger partial charge in [-0.25, -0.2) is 0 Å². The third-order valence-corrected chi connectivity index (χ3v) is 5.55. The van der Waals surface area contributed by atoms with Crippen molar-refractivity contribution in [3.63, 3.8) is 0 Å². The van der Waals surface area contributed by atoms with Crippen molar-refractivity contribution in [2.45, 2.75) is 59.5 Å². The minimum absolute atomic E-state index is 0.411. The first-order chi connectivity index (χ1) is 13.7. The van der Waals surface area contributed by atoms with Crippen molar-refractivity contribution in [1.82, 2.24) is 14.5 Å². The standard InChI is InChI=1S/C22H31N3O.C2H6/c1-5-6-7-18(25-14-11-19(26-4)12-15-25)8-9-20-17(2)24(3)22-10-13-23-16-21(20)22;1-2/h7-10,13,16,19H,5-6,11-12,14-15H2,1-4H3;1-2H3/b9-8-,18-7-;. The maximum absolute atomic E-state index is 5.52. The van der Waals surface area contributed by atoms with Crippen LogP contribution >= 0.6 is 0 Å². The fourth-order valence-corrected chi connectivity index (χ4v) is 3.77. The Morgan fingerprint density at radius 2 is 2.00 bits per heavy atom. The second-order valence-corrected chi connectivity index (χ2v) is 7.12. The SMILES string of the molecule is CC.CCC/C=C(/C=C\c1c(C)n(C)c2ccncc12)N1CCC(OC)CC1. The molecule has 0 radical (unpaired) electrons. The first-order valence-electron chi connectivity index (χ1n) is 10.7. The number of pyridine rings is 1. The van der Waals surface area contributed by atoms with Crippen molar-refractivity contribution in [2.75, 3.05) is 20.2 Å². The number of allylic oxidation sites excluding steroid dienone is 2. The van der Waals surface area contributed by atoms with Crippen LogP contribution in [0.1, 0.15) is 57.7 Å². The lowest BCUT2D eigenvalue weighted by molar-refractivity contribution is 0.0512. The summed E-state index contributed by atoms with van der Waals surface area (Å²) in [6, 6.07) is 2.09. The first-order valence-corrected chi connectivity index (χ1v) is 10.7. The van der Waals surface area contributed by atoms with Gasteiger partial charge >= 0.3 is 0 Å². The molecule has 1 aliphatic rings. The van der Waals surface area contributed by atoms with Gasteiger partial charge in [0, 0.05) is 62.0 Å². The van der Waals surface area contributed by atoms with Crippen molar-refractivity contribution in [1.29, 1.82) is 0 Å². The number of likely N-dealkylation sites (tertiary alicyclic amines) is 1. The first kappa shape index (κ1) is 22.2. The normalized spacial score (nSPS) is 15.9. The van der Waals surface area contributed by atoms with Crippen LogP contribution in [0.4, 0.5) is 0 Å². The molecule has 0 N–H and O–H groups in total. The predicted octanol–water partition coefficient (Wildman–Crippen LogP) is 5.72. The molecule has 2 aromatic rings. The average Bonchev–Trinajstić information content (AvgIpc) is 3.00. The summed E-state index contributed by atoms with van der Waals surface area (Å²) in [6.45, 7) is 10.5. The van der Waals surface area contributed by atoms with E-state index in [-0.39, 0.29) is 0 Å². The number of unbranched alkanes of at least 4 members (excludes halogenated alkanes) is 1.